The Morgan fingerprint density at radius 3 is 2.19 bits per heavy atom. The molecule has 0 amide bonds. The Kier molecular flexibility index (Phi) is 6.62. The number of benzene rings is 2. The minimum Gasteiger partial charge on any atom is -0.166 e. The van der Waals surface area contributed by atoms with Gasteiger partial charge in [-0.15, -0.1) is 0 Å². The fraction of sp³-hybridized carbons (Fsp3) is 0.500. The highest BCUT2D eigenvalue weighted by Gasteiger charge is 2.30. The second-order valence-electron chi connectivity index (χ2n) is 7.91. The second kappa shape index (κ2) is 8.95. The van der Waals surface area contributed by atoms with Gasteiger partial charge in [-0.3, -0.25) is 0 Å². The summed E-state index contributed by atoms with van der Waals surface area (Å²) in [7, 11) is 0. The van der Waals surface area contributed by atoms with Crippen molar-refractivity contribution in [3.63, 3.8) is 0 Å². The lowest BCUT2D eigenvalue weighted by Gasteiger charge is -2.29. The molecule has 0 aliphatic heterocycles. The van der Waals surface area contributed by atoms with Crippen molar-refractivity contribution in [1.29, 1.82) is 0 Å². The molecule has 3 heteroatoms. The second-order valence-corrected chi connectivity index (χ2v) is 7.91. The maximum atomic E-state index is 12.9. The van der Waals surface area contributed by atoms with Gasteiger partial charge in [0.05, 0.1) is 5.56 Å². The Morgan fingerprint density at radius 1 is 0.852 bits per heavy atom. The molecule has 2 aromatic carbocycles. The van der Waals surface area contributed by atoms with Crippen molar-refractivity contribution in [3.8, 4) is 11.1 Å². The fourth-order valence-corrected chi connectivity index (χ4v) is 4.29. The maximum absolute atomic E-state index is 12.9. The normalized spacial score (nSPS) is 20.6. The van der Waals surface area contributed by atoms with E-state index in [1.807, 2.05) is 12.1 Å². The molecular weight excluding hydrogens is 345 g/mol. The third-order valence-electron chi connectivity index (χ3n) is 5.97. The Bertz CT molecular complexity index is 707. The van der Waals surface area contributed by atoms with E-state index in [1.54, 1.807) is 6.07 Å². The first-order chi connectivity index (χ1) is 13.0. The van der Waals surface area contributed by atoms with Crippen molar-refractivity contribution in [3.05, 3.63) is 59.7 Å². The van der Waals surface area contributed by atoms with E-state index in [1.165, 1.54) is 69.1 Å². The van der Waals surface area contributed by atoms with Crippen LogP contribution in [0.3, 0.4) is 0 Å². The Morgan fingerprint density at radius 2 is 1.56 bits per heavy atom. The molecule has 0 atom stereocenters. The average Bonchev–Trinajstić information content (AvgIpc) is 2.68. The molecule has 0 heterocycles. The zero-order valence-corrected chi connectivity index (χ0v) is 16.1. The predicted molar refractivity (Wildman–Crippen MR) is 106 cm³/mol. The SMILES string of the molecule is CCCCCC1CCC(c2ccc(-c3cccc(C(F)(F)F)c3)cc2)CC1. The van der Waals surface area contributed by atoms with E-state index < -0.39 is 11.7 Å². The summed E-state index contributed by atoms with van der Waals surface area (Å²) in [4.78, 5) is 0. The smallest absolute Gasteiger partial charge is 0.166 e. The first-order valence-electron chi connectivity index (χ1n) is 10.2. The highest BCUT2D eigenvalue weighted by Crippen LogP contribution is 2.38. The highest BCUT2D eigenvalue weighted by atomic mass is 19.4. The third kappa shape index (κ3) is 5.37. The van der Waals surface area contributed by atoms with Gasteiger partial charge in [-0.05, 0) is 66.3 Å². The van der Waals surface area contributed by atoms with Crippen molar-refractivity contribution in [2.24, 2.45) is 5.92 Å². The van der Waals surface area contributed by atoms with Gasteiger partial charge >= 0.3 is 6.18 Å². The van der Waals surface area contributed by atoms with Gasteiger partial charge in [-0.1, -0.05) is 69.0 Å². The number of hydrogen-bond acceptors (Lipinski definition) is 0. The predicted octanol–water partition coefficient (Wildman–Crippen LogP) is 8.23. The third-order valence-corrected chi connectivity index (χ3v) is 5.97. The molecule has 1 fully saturated rings. The molecule has 1 saturated carbocycles. The Labute approximate surface area is 160 Å². The van der Waals surface area contributed by atoms with Crippen LogP contribution in [-0.2, 0) is 6.18 Å². The van der Waals surface area contributed by atoms with E-state index in [-0.39, 0.29) is 0 Å². The molecule has 0 unspecified atom stereocenters. The standard InChI is InChI=1S/C24H29F3/c1-2-3-4-6-18-9-11-19(12-10-18)20-13-15-21(16-14-20)22-7-5-8-23(17-22)24(25,26)27/h5,7-8,13-19H,2-4,6,9-12H2,1H3. The molecular formula is C24H29F3. The van der Waals surface area contributed by atoms with Crippen LogP contribution in [0, 0.1) is 5.92 Å². The van der Waals surface area contributed by atoms with E-state index in [4.69, 9.17) is 0 Å². The van der Waals surface area contributed by atoms with Gasteiger partial charge in [-0.25, -0.2) is 0 Å². The van der Waals surface area contributed by atoms with Gasteiger partial charge in [0.2, 0.25) is 0 Å². The fourth-order valence-electron chi connectivity index (χ4n) is 4.29. The first kappa shape index (κ1) is 20.0. The molecule has 0 nitrogen and oxygen atoms in total. The van der Waals surface area contributed by atoms with E-state index >= 15 is 0 Å². The van der Waals surface area contributed by atoms with Crippen LogP contribution in [0.5, 0.6) is 0 Å². The number of unbranched alkanes of at least 4 members (excludes halogenated alkanes) is 2. The van der Waals surface area contributed by atoms with Gasteiger partial charge < -0.3 is 0 Å². The van der Waals surface area contributed by atoms with Crippen LogP contribution < -0.4 is 0 Å². The number of alkyl halides is 3. The molecule has 1 aliphatic rings. The molecule has 1 aliphatic carbocycles. The van der Waals surface area contributed by atoms with Gasteiger partial charge in [0.15, 0.2) is 0 Å². The molecule has 0 saturated heterocycles. The summed E-state index contributed by atoms with van der Waals surface area (Å²) in [5.41, 5.74) is 2.21. The van der Waals surface area contributed by atoms with Gasteiger partial charge in [-0.2, -0.15) is 13.2 Å². The van der Waals surface area contributed by atoms with Crippen molar-refractivity contribution < 1.29 is 13.2 Å². The van der Waals surface area contributed by atoms with Crippen LogP contribution in [0.15, 0.2) is 48.5 Å². The summed E-state index contributed by atoms with van der Waals surface area (Å²) >= 11 is 0. The van der Waals surface area contributed by atoms with E-state index in [2.05, 4.69) is 19.1 Å². The van der Waals surface area contributed by atoms with Gasteiger partial charge in [0.1, 0.15) is 0 Å². The molecule has 0 aromatic heterocycles. The summed E-state index contributed by atoms with van der Waals surface area (Å²) in [5.74, 6) is 1.49. The summed E-state index contributed by atoms with van der Waals surface area (Å²) in [6, 6.07) is 13.7. The van der Waals surface area contributed by atoms with Crippen LogP contribution in [0.25, 0.3) is 11.1 Å². The van der Waals surface area contributed by atoms with Gasteiger partial charge in [0, 0.05) is 0 Å². The Balaban J connectivity index is 1.61. The number of halogens is 3. The molecule has 146 valence electrons. The molecule has 0 radical (unpaired) electrons. The van der Waals surface area contributed by atoms with E-state index in [0.717, 1.165) is 17.5 Å². The average molecular weight is 374 g/mol. The largest absolute Gasteiger partial charge is 0.416 e. The van der Waals surface area contributed by atoms with Crippen molar-refractivity contribution >= 4 is 0 Å². The topological polar surface area (TPSA) is 0 Å². The Hall–Kier alpha value is -1.77. The molecule has 2 aromatic rings. The van der Waals surface area contributed by atoms with Crippen LogP contribution >= 0.6 is 0 Å². The highest BCUT2D eigenvalue weighted by molar-refractivity contribution is 5.64. The monoisotopic (exact) mass is 374 g/mol. The summed E-state index contributed by atoms with van der Waals surface area (Å²) in [6.45, 7) is 2.25. The molecule has 0 spiro atoms. The van der Waals surface area contributed by atoms with E-state index in [0.29, 0.717) is 11.5 Å². The maximum Gasteiger partial charge on any atom is 0.416 e. The summed E-state index contributed by atoms with van der Waals surface area (Å²) in [6.07, 6.45) is 6.15. The van der Waals surface area contributed by atoms with Gasteiger partial charge in [0.25, 0.3) is 0 Å². The minimum absolute atomic E-state index is 0.592. The van der Waals surface area contributed by atoms with Crippen LogP contribution in [-0.4, -0.2) is 0 Å². The zero-order valence-electron chi connectivity index (χ0n) is 16.1. The number of hydrogen-bond donors (Lipinski definition) is 0. The van der Waals surface area contributed by atoms with Crippen molar-refractivity contribution in [2.75, 3.05) is 0 Å². The molecule has 0 N–H and O–H groups in total. The quantitative estimate of drug-likeness (QED) is 0.447. The molecule has 3 rings (SSSR count). The molecule has 0 bridgehead atoms. The summed E-state index contributed by atoms with van der Waals surface area (Å²) < 4.78 is 38.8. The van der Waals surface area contributed by atoms with Crippen molar-refractivity contribution in [1.82, 2.24) is 0 Å². The molecule has 27 heavy (non-hydrogen) atoms. The zero-order chi connectivity index (χ0) is 19.3. The number of rotatable bonds is 6. The minimum atomic E-state index is -4.30. The van der Waals surface area contributed by atoms with E-state index in [9.17, 15) is 13.2 Å². The lowest BCUT2D eigenvalue weighted by atomic mass is 9.77. The summed E-state index contributed by atoms with van der Waals surface area (Å²) in [5, 5.41) is 0. The van der Waals surface area contributed by atoms with Crippen LogP contribution in [0.1, 0.15) is 75.3 Å². The van der Waals surface area contributed by atoms with Crippen LogP contribution in [0.4, 0.5) is 13.2 Å². The first-order valence-corrected chi connectivity index (χ1v) is 10.2. The lowest BCUT2D eigenvalue weighted by molar-refractivity contribution is -0.137. The van der Waals surface area contributed by atoms with Crippen LogP contribution in [0.2, 0.25) is 0 Å². The van der Waals surface area contributed by atoms with Crippen molar-refractivity contribution in [2.45, 2.75) is 70.4 Å². The lowest BCUT2D eigenvalue weighted by Crippen LogP contribution is -2.13.